The first-order chi connectivity index (χ1) is 15.0. The van der Waals surface area contributed by atoms with E-state index in [9.17, 15) is 23.1 Å². The molecule has 8 heteroatoms. The first kappa shape index (κ1) is 23.9. The first-order valence-electron chi connectivity index (χ1n) is 10.7. The number of ketones is 1. The molecule has 3 aromatic rings. The number of aliphatic hydroxyl groups is 1. The van der Waals surface area contributed by atoms with Crippen LogP contribution in [0.5, 0.6) is 0 Å². The number of carbonyl (C=O) groups excluding carboxylic acids is 1. The van der Waals surface area contributed by atoms with Crippen LogP contribution in [0.4, 0.5) is 13.2 Å². The van der Waals surface area contributed by atoms with Crippen molar-refractivity contribution in [3.63, 3.8) is 0 Å². The van der Waals surface area contributed by atoms with Crippen molar-refractivity contribution in [2.75, 3.05) is 0 Å². The fourth-order valence-electron chi connectivity index (χ4n) is 3.84. The van der Waals surface area contributed by atoms with Crippen LogP contribution in [0.3, 0.4) is 0 Å². The largest absolute Gasteiger partial charge is 0.416 e. The zero-order chi connectivity index (χ0) is 23.5. The number of carbonyl (C=O) groups is 1. The summed E-state index contributed by atoms with van der Waals surface area (Å²) in [4.78, 5) is 15.2. The molecule has 5 nitrogen and oxygen atoms in total. The van der Waals surface area contributed by atoms with Crippen molar-refractivity contribution in [2.24, 2.45) is 0 Å². The number of rotatable bonds is 5. The molecule has 1 aliphatic carbocycles. The van der Waals surface area contributed by atoms with Gasteiger partial charge in [-0.3, -0.25) is 9.78 Å². The Hall–Kier alpha value is -2.74. The van der Waals surface area contributed by atoms with Crippen molar-refractivity contribution in [1.29, 1.82) is 0 Å². The molecule has 0 aliphatic heterocycles. The lowest BCUT2D eigenvalue weighted by Gasteiger charge is -2.25. The van der Waals surface area contributed by atoms with Gasteiger partial charge in [0.05, 0.1) is 22.5 Å². The van der Waals surface area contributed by atoms with Crippen molar-refractivity contribution in [2.45, 2.75) is 70.6 Å². The van der Waals surface area contributed by atoms with Gasteiger partial charge in [0.25, 0.3) is 0 Å². The van der Waals surface area contributed by atoms with Crippen molar-refractivity contribution < 1.29 is 23.1 Å². The summed E-state index contributed by atoms with van der Waals surface area (Å²) in [6, 6.07) is 7.59. The molecule has 1 saturated carbocycles. The van der Waals surface area contributed by atoms with Gasteiger partial charge in [-0.1, -0.05) is 19.4 Å². The van der Waals surface area contributed by atoms with E-state index in [0.717, 1.165) is 36.6 Å². The molecule has 0 spiro atoms. The van der Waals surface area contributed by atoms with Crippen LogP contribution < -0.4 is 0 Å². The molecule has 4 rings (SSSR count). The second kappa shape index (κ2) is 9.40. The SMILES string of the molecule is CCC(=O)C[C@@](C)(O)c1ccccn1.Cc1nn2ccc(C(F)(F)F)cc2c1C1CCC1. The van der Waals surface area contributed by atoms with Crippen LogP contribution in [0.2, 0.25) is 0 Å². The summed E-state index contributed by atoms with van der Waals surface area (Å²) in [5.41, 5.74) is 1.24. The second-order valence-corrected chi connectivity index (χ2v) is 8.43. The Morgan fingerprint density at radius 2 is 1.97 bits per heavy atom. The molecule has 0 amide bonds. The number of pyridine rings is 2. The third-order valence-electron chi connectivity index (χ3n) is 5.85. The Labute approximate surface area is 185 Å². The molecule has 1 aliphatic rings. The molecule has 3 heterocycles. The standard InChI is InChI=1S/C13H13F3N2.C11H15NO2/c1-8-12(9-3-2-4-9)11-7-10(13(14,15)16)5-6-18(11)17-8;1-3-9(13)8-11(2,14)10-6-4-5-7-12-10/h5-7,9H,2-4H2,1H3;4-7,14H,3,8H2,1-2H3/t;11-/m.1/s1. The third kappa shape index (κ3) is 5.35. The molecule has 0 bridgehead atoms. The highest BCUT2D eigenvalue weighted by atomic mass is 19.4. The smallest absolute Gasteiger partial charge is 0.383 e. The van der Waals surface area contributed by atoms with E-state index in [1.54, 1.807) is 42.8 Å². The number of fused-ring (bicyclic) bond motifs is 1. The van der Waals surface area contributed by atoms with Crippen molar-refractivity contribution in [1.82, 2.24) is 14.6 Å². The lowest BCUT2D eigenvalue weighted by molar-refractivity contribution is -0.137. The summed E-state index contributed by atoms with van der Waals surface area (Å²) in [6.45, 7) is 5.27. The first-order valence-corrected chi connectivity index (χ1v) is 10.7. The maximum absolute atomic E-state index is 12.7. The normalized spacial score (nSPS) is 16.1. The number of hydrogen-bond donors (Lipinski definition) is 1. The Morgan fingerprint density at radius 1 is 1.25 bits per heavy atom. The zero-order valence-corrected chi connectivity index (χ0v) is 18.5. The van der Waals surface area contributed by atoms with E-state index in [1.807, 2.05) is 6.92 Å². The van der Waals surface area contributed by atoms with Crippen LogP contribution in [-0.2, 0) is 16.6 Å². The summed E-state index contributed by atoms with van der Waals surface area (Å²) in [7, 11) is 0. The van der Waals surface area contributed by atoms with Crippen molar-refractivity contribution in [3.05, 3.63) is 65.2 Å². The molecule has 0 unspecified atom stereocenters. The number of nitrogens with zero attached hydrogens (tertiary/aromatic N) is 3. The lowest BCUT2D eigenvalue weighted by atomic mass is 9.79. The highest BCUT2D eigenvalue weighted by Crippen LogP contribution is 2.41. The van der Waals surface area contributed by atoms with Crippen LogP contribution in [0.1, 0.15) is 74.4 Å². The minimum absolute atomic E-state index is 0.0423. The highest BCUT2D eigenvalue weighted by Gasteiger charge is 2.32. The zero-order valence-electron chi connectivity index (χ0n) is 18.5. The molecule has 0 saturated heterocycles. The molecule has 0 aromatic carbocycles. The predicted octanol–water partition coefficient (Wildman–Crippen LogP) is 5.59. The average molecular weight is 448 g/mol. The van der Waals surface area contributed by atoms with Crippen LogP contribution in [0.25, 0.3) is 5.52 Å². The number of aromatic nitrogens is 3. The van der Waals surface area contributed by atoms with Gasteiger partial charge in [-0.05, 0) is 56.9 Å². The molecular weight excluding hydrogens is 419 g/mol. The molecule has 0 radical (unpaired) electrons. The van der Waals surface area contributed by atoms with Crippen molar-refractivity contribution >= 4 is 11.3 Å². The molecule has 172 valence electrons. The number of hydrogen-bond acceptors (Lipinski definition) is 4. The van der Waals surface area contributed by atoms with Gasteiger partial charge in [-0.25, -0.2) is 4.52 Å². The maximum atomic E-state index is 12.7. The minimum atomic E-state index is -4.29. The van der Waals surface area contributed by atoms with E-state index in [-0.39, 0.29) is 12.2 Å². The molecule has 1 fully saturated rings. The van der Waals surface area contributed by atoms with Crippen LogP contribution in [-0.4, -0.2) is 25.5 Å². The molecule has 1 atom stereocenters. The predicted molar refractivity (Wildman–Crippen MR) is 115 cm³/mol. The van der Waals surface area contributed by atoms with Gasteiger partial charge < -0.3 is 5.11 Å². The van der Waals surface area contributed by atoms with Gasteiger partial charge in [0, 0.05) is 30.8 Å². The van der Waals surface area contributed by atoms with Gasteiger partial charge in [-0.15, -0.1) is 0 Å². The van der Waals surface area contributed by atoms with Gasteiger partial charge in [-0.2, -0.15) is 18.3 Å². The Kier molecular flexibility index (Phi) is 7.03. The second-order valence-electron chi connectivity index (χ2n) is 8.43. The maximum Gasteiger partial charge on any atom is 0.416 e. The van der Waals surface area contributed by atoms with E-state index in [4.69, 9.17) is 0 Å². The Balaban J connectivity index is 0.000000188. The molecule has 3 aromatic heterocycles. The molecule has 32 heavy (non-hydrogen) atoms. The van der Waals surface area contributed by atoms with E-state index in [0.29, 0.717) is 23.5 Å². The minimum Gasteiger partial charge on any atom is -0.383 e. The number of halogens is 3. The van der Waals surface area contributed by atoms with Crippen LogP contribution in [0, 0.1) is 6.92 Å². The number of Topliss-reactive ketones (excluding diaryl/α,β-unsaturated/α-hetero) is 1. The summed E-state index contributed by atoms with van der Waals surface area (Å²) >= 11 is 0. The summed E-state index contributed by atoms with van der Waals surface area (Å²) in [5, 5.41) is 14.3. The molecule has 1 N–H and O–H groups in total. The quantitative estimate of drug-likeness (QED) is 0.554. The third-order valence-corrected chi connectivity index (χ3v) is 5.85. The number of alkyl halides is 3. The summed E-state index contributed by atoms with van der Waals surface area (Å²) in [5.74, 6) is 0.423. The van der Waals surface area contributed by atoms with E-state index < -0.39 is 17.3 Å². The number of aryl methyl sites for hydroxylation is 1. The van der Waals surface area contributed by atoms with Gasteiger partial charge in [0.2, 0.25) is 0 Å². The van der Waals surface area contributed by atoms with Gasteiger partial charge in [0.1, 0.15) is 11.4 Å². The average Bonchev–Trinajstić information content (AvgIpc) is 3.02. The molecular formula is C24H28F3N3O2. The monoisotopic (exact) mass is 447 g/mol. The Morgan fingerprint density at radius 3 is 2.50 bits per heavy atom. The van der Waals surface area contributed by atoms with E-state index >= 15 is 0 Å². The van der Waals surface area contributed by atoms with Gasteiger partial charge >= 0.3 is 6.18 Å². The highest BCUT2D eigenvalue weighted by molar-refractivity contribution is 5.79. The van der Waals surface area contributed by atoms with E-state index in [1.165, 1.54) is 12.3 Å². The fourth-order valence-corrected chi connectivity index (χ4v) is 3.84. The lowest BCUT2D eigenvalue weighted by Crippen LogP contribution is -2.26. The fraction of sp³-hybridized carbons (Fsp3) is 0.458. The van der Waals surface area contributed by atoms with Gasteiger partial charge in [0.15, 0.2) is 0 Å². The summed E-state index contributed by atoms with van der Waals surface area (Å²) in [6.07, 6.45) is 2.55. The summed E-state index contributed by atoms with van der Waals surface area (Å²) < 4.78 is 39.7. The van der Waals surface area contributed by atoms with Crippen LogP contribution in [0.15, 0.2) is 42.7 Å². The topological polar surface area (TPSA) is 67.5 Å². The van der Waals surface area contributed by atoms with Crippen LogP contribution >= 0.6 is 0 Å². The Bertz CT molecular complexity index is 1070. The van der Waals surface area contributed by atoms with Crippen molar-refractivity contribution in [3.8, 4) is 0 Å². The van der Waals surface area contributed by atoms with E-state index in [2.05, 4.69) is 10.1 Å².